The molecule has 0 aliphatic rings. The van der Waals surface area contributed by atoms with Crippen molar-refractivity contribution in [2.75, 3.05) is 0 Å². The number of phosphoric acid groups is 1. The van der Waals surface area contributed by atoms with Crippen LogP contribution < -0.4 is 23.8 Å². The zero-order valence-electron chi connectivity index (χ0n) is 3.97. The van der Waals surface area contributed by atoms with E-state index < -0.39 is 7.82 Å². The summed E-state index contributed by atoms with van der Waals surface area (Å²) in [5.41, 5.74) is 0. The maximum absolute atomic E-state index is 8.77. The molecule has 0 fully saturated rings. The molecule has 0 aliphatic carbocycles. The van der Waals surface area contributed by atoms with Gasteiger partial charge in [-0.2, -0.15) is 0 Å². The van der Waals surface area contributed by atoms with Crippen LogP contribution in [0, 0.1) is 0 Å². The predicted molar refractivity (Wildman–Crippen MR) is 17.1 cm³/mol. The Labute approximate surface area is 56.1 Å². The van der Waals surface area contributed by atoms with Crippen LogP contribution in [-0.4, -0.2) is 9.79 Å². The summed E-state index contributed by atoms with van der Waals surface area (Å²) in [7, 11) is -4.89. The van der Waals surface area contributed by atoms with Gasteiger partial charge in [0.15, 0.2) is 0 Å². The molecule has 4 nitrogen and oxygen atoms in total. The fraction of sp³-hybridized carbons (Fsp3) is 0. The summed E-state index contributed by atoms with van der Waals surface area (Å²) >= 11 is 0. The molecule has 0 aliphatic heterocycles. The molecule has 0 aromatic heterocycles. The number of hydrogen-bond donors (Lipinski definition) is 2. The quantitative estimate of drug-likeness (QED) is 0.266. The van der Waals surface area contributed by atoms with Gasteiger partial charge in [-0.3, -0.25) is 14.0 Å². The van der Waals surface area contributed by atoms with Gasteiger partial charge < -0.3 is 14.7 Å². The molecule has 8 heavy (non-hydrogen) atoms. The first-order valence-corrected chi connectivity index (χ1v) is 2.30. The molecule has 0 unspecified atom stereocenters. The summed E-state index contributed by atoms with van der Waals surface area (Å²) in [5.74, 6) is 0. The molecule has 0 amide bonds. The molecule has 0 aromatic carbocycles. The molecule has 0 bridgehead atoms. The zero-order chi connectivity index (χ0) is 4.50. The van der Waals surface area contributed by atoms with Gasteiger partial charge in [0.1, 0.15) is 0 Å². The van der Waals surface area contributed by atoms with Crippen LogP contribution in [0.25, 0.3) is 0 Å². The van der Waals surface area contributed by atoms with Crippen molar-refractivity contribution < 1.29 is 47.5 Å². The average Bonchev–Trinajstić information content (AvgIpc) is 0.722. The molecule has 0 spiro atoms. The smallest absolute Gasteiger partial charge is 0.756 e. The van der Waals surface area contributed by atoms with Crippen molar-refractivity contribution in [2.45, 2.75) is 0 Å². The van der Waals surface area contributed by atoms with Gasteiger partial charge in [0.2, 0.25) is 0 Å². The van der Waals surface area contributed by atoms with E-state index in [1.54, 1.807) is 0 Å². The van der Waals surface area contributed by atoms with Crippen molar-refractivity contribution in [1.82, 2.24) is 0 Å². The first-order chi connectivity index (χ1) is 2.00. The van der Waals surface area contributed by atoms with Crippen molar-refractivity contribution in [2.24, 2.45) is 0 Å². The van der Waals surface area contributed by atoms with Crippen molar-refractivity contribution in [3.05, 3.63) is 0 Å². The van der Waals surface area contributed by atoms with E-state index in [9.17, 15) is 0 Å². The Bertz CT molecular complexity index is 60.2. The standard InChI is InChI=1S/2FH.Li.H3O4P/c;;;1-5(2,3)4/h2*1H;;(H3,1,2,3,4)/q;;+1;/p-1. The maximum Gasteiger partial charge on any atom is 1.00 e. The van der Waals surface area contributed by atoms with Gasteiger partial charge >= 0.3 is 18.9 Å². The van der Waals surface area contributed by atoms with Crippen molar-refractivity contribution in [3.8, 4) is 0 Å². The minimum absolute atomic E-state index is 0. The molecule has 0 atom stereocenters. The van der Waals surface area contributed by atoms with Crippen molar-refractivity contribution in [1.29, 1.82) is 0 Å². The van der Waals surface area contributed by atoms with E-state index in [1.165, 1.54) is 0 Å². The van der Waals surface area contributed by atoms with Gasteiger partial charge in [-0.1, -0.05) is 0 Å². The van der Waals surface area contributed by atoms with Gasteiger partial charge in [0.25, 0.3) is 7.82 Å². The molecule has 0 aromatic rings. The van der Waals surface area contributed by atoms with Gasteiger partial charge in [-0.25, -0.2) is 0 Å². The Balaban J connectivity index is -0.0000000267. The van der Waals surface area contributed by atoms with Crippen LogP contribution in [0.1, 0.15) is 0 Å². The molecule has 0 saturated heterocycles. The van der Waals surface area contributed by atoms with Gasteiger partial charge in [-0.05, 0) is 0 Å². The third-order valence-corrected chi connectivity index (χ3v) is 0. The fourth-order valence-electron chi connectivity index (χ4n) is 0. The third-order valence-electron chi connectivity index (χ3n) is 0. The Hall–Kier alpha value is 0.567. The molecule has 0 saturated carbocycles. The molecule has 2 N–H and O–H groups in total. The molecule has 0 heterocycles. The van der Waals surface area contributed by atoms with E-state index in [-0.39, 0.29) is 28.3 Å². The average molecular weight is 144 g/mol. The summed E-state index contributed by atoms with van der Waals surface area (Å²) in [4.78, 5) is 22.9. The first-order valence-electron chi connectivity index (χ1n) is 0.765. The molecule has 0 radical (unpaired) electrons. The van der Waals surface area contributed by atoms with E-state index in [2.05, 4.69) is 0 Å². The van der Waals surface area contributed by atoms with Crippen LogP contribution in [0.2, 0.25) is 0 Å². The van der Waals surface area contributed by atoms with Crippen LogP contribution in [0.4, 0.5) is 9.41 Å². The summed E-state index contributed by atoms with van der Waals surface area (Å²) in [6.45, 7) is 0. The largest absolute Gasteiger partial charge is 1.00 e. The summed E-state index contributed by atoms with van der Waals surface area (Å²) in [5, 5.41) is 0. The molecular weight excluding hydrogens is 140 g/mol. The van der Waals surface area contributed by atoms with E-state index in [0.29, 0.717) is 0 Å². The molecule has 8 heteroatoms. The molecule has 48 valence electrons. The molecular formula is H4F2LiO4P. The van der Waals surface area contributed by atoms with E-state index >= 15 is 0 Å². The summed E-state index contributed by atoms with van der Waals surface area (Å²) in [6.07, 6.45) is 0. The van der Waals surface area contributed by atoms with E-state index in [4.69, 9.17) is 19.2 Å². The number of halogens is 2. The maximum atomic E-state index is 8.77. The second-order valence-corrected chi connectivity index (χ2v) is 1.47. The minimum atomic E-state index is -4.89. The third kappa shape index (κ3) is 632. The Morgan fingerprint density at radius 3 is 1.25 bits per heavy atom. The second-order valence-electron chi connectivity index (χ2n) is 0.491. The zero-order valence-corrected chi connectivity index (χ0v) is 4.87. The Kier molecular flexibility index (Phi) is 22.2. The van der Waals surface area contributed by atoms with Crippen molar-refractivity contribution in [3.63, 3.8) is 0 Å². The van der Waals surface area contributed by atoms with Crippen molar-refractivity contribution >= 4 is 7.82 Å². The van der Waals surface area contributed by atoms with Crippen LogP contribution in [0.5, 0.6) is 0 Å². The summed E-state index contributed by atoms with van der Waals surface area (Å²) in [6, 6.07) is 0. The topological polar surface area (TPSA) is 80.6 Å². The number of rotatable bonds is 0. The van der Waals surface area contributed by atoms with E-state index in [0.717, 1.165) is 0 Å². The first kappa shape index (κ1) is 23.5. The van der Waals surface area contributed by atoms with Gasteiger partial charge in [0, 0.05) is 0 Å². The van der Waals surface area contributed by atoms with Crippen LogP contribution in [-0.2, 0) is 4.57 Å². The minimum Gasteiger partial charge on any atom is -0.756 e. The Morgan fingerprint density at radius 2 is 1.25 bits per heavy atom. The SMILES string of the molecule is F.F.O=P([O-])(O)O.[Li+]. The van der Waals surface area contributed by atoms with Crippen LogP contribution in [0.15, 0.2) is 0 Å². The van der Waals surface area contributed by atoms with Crippen LogP contribution in [0.3, 0.4) is 0 Å². The summed E-state index contributed by atoms with van der Waals surface area (Å²) < 4.78 is 8.77. The van der Waals surface area contributed by atoms with Gasteiger partial charge in [0.05, 0.1) is 0 Å². The van der Waals surface area contributed by atoms with E-state index in [1.807, 2.05) is 0 Å². The second kappa shape index (κ2) is 7.57. The normalized spacial score (nSPS) is 7.38. The Morgan fingerprint density at radius 1 is 1.25 bits per heavy atom. The van der Waals surface area contributed by atoms with Gasteiger partial charge in [-0.15, -0.1) is 0 Å². The monoisotopic (exact) mass is 144 g/mol. The predicted octanol–water partition coefficient (Wildman–Crippen LogP) is -4.25. The number of hydrogen-bond acceptors (Lipinski definition) is 2. The molecule has 0 rings (SSSR count). The fourth-order valence-corrected chi connectivity index (χ4v) is 0. The van der Waals surface area contributed by atoms with Crippen LogP contribution >= 0.6 is 7.82 Å².